The predicted molar refractivity (Wildman–Crippen MR) is 296 cm³/mol. The Labute approximate surface area is 422 Å². The highest BCUT2D eigenvalue weighted by molar-refractivity contribution is 5.98. The molecule has 1 fully saturated rings. The molecule has 2 heterocycles. The number of fused-ring (bicyclic) bond motifs is 1. The standard InChI is InChI=1S/C67H61N3O/c1-66(2,3)55-32-34-63(71)59(44-55)65-69-64-57(29-18-30-62(64)70(65)61-33-31-46(37-45-19-15-16-20-45)38-58(61)48-23-11-7-12-24-48)52-39-51(47-21-9-6-10-22-47)40-53(41-52)60-43-50(35-36-68-60)49-25-17-28-56(42-49)67(4,5)54-26-13-8-14-27-54/h6-14,17-18,21-36,38-45,71H,15-16,19-20,37H2,1-5H3/i37D2. The van der Waals surface area contributed by atoms with E-state index in [0.717, 1.165) is 104 Å². The van der Waals surface area contributed by atoms with E-state index in [9.17, 15) is 7.85 Å². The van der Waals surface area contributed by atoms with Crippen molar-refractivity contribution in [1.29, 1.82) is 0 Å². The van der Waals surface area contributed by atoms with Crippen molar-refractivity contribution in [3.05, 3.63) is 229 Å². The molecule has 11 rings (SSSR count). The van der Waals surface area contributed by atoms with E-state index in [1.807, 2.05) is 42.6 Å². The molecule has 1 saturated carbocycles. The second kappa shape index (κ2) is 18.8. The van der Waals surface area contributed by atoms with E-state index in [2.05, 4.69) is 197 Å². The summed E-state index contributed by atoms with van der Waals surface area (Å²) in [7, 11) is 0. The van der Waals surface area contributed by atoms with Gasteiger partial charge in [0.15, 0.2) is 0 Å². The van der Waals surface area contributed by atoms with E-state index < -0.39 is 6.37 Å². The number of benzene rings is 8. The fourth-order valence-corrected chi connectivity index (χ4v) is 10.5. The largest absolute Gasteiger partial charge is 0.507 e. The molecule has 2 aromatic heterocycles. The zero-order valence-electron chi connectivity index (χ0n) is 43.3. The minimum absolute atomic E-state index is 0.0380. The molecule has 350 valence electrons. The van der Waals surface area contributed by atoms with Gasteiger partial charge in [-0.25, -0.2) is 4.98 Å². The second-order valence-corrected chi connectivity index (χ2v) is 20.8. The minimum atomic E-state index is -1.50. The molecule has 4 nitrogen and oxygen atoms in total. The Bertz CT molecular complexity index is 3620. The van der Waals surface area contributed by atoms with Gasteiger partial charge >= 0.3 is 0 Å². The first-order valence-corrected chi connectivity index (χ1v) is 25.1. The van der Waals surface area contributed by atoms with E-state index in [1.54, 1.807) is 6.07 Å². The van der Waals surface area contributed by atoms with Crippen LogP contribution in [0.5, 0.6) is 5.75 Å². The molecular weight excluding hydrogens is 863 g/mol. The first-order chi connectivity index (χ1) is 35.2. The SMILES string of the molecule is [2H]C([2H])(c1ccc(-n2c(-c3cc(C(C)(C)C)ccc3O)nc3c(-c4cc(-c5ccccc5)cc(-c5cc(-c6cccc(C(C)(C)c7ccccc7)c6)ccn5)c4)cccc32)c(-c2ccccc2)c1)C1CCCC1. The van der Waals surface area contributed by atoms with Crippen molar-refractivity contribution < 1.29 is 7.85 Å². The number of imidazole rings is 1. The van der Waals surface area contributed by atoms with Crippen LogP contribution in [0.25, 0.3) is 83.9 Å². The number of aromatic hydroxyl groups is 1. The Morgan fingerprint density at radius 1 is 0.521 bits per heavy atom. The van der Waals surface area contributed by atoms with E-state index in [-0.39, 0.29) is 22.5 Å². The Morgan fingerprint density at radius 2 is 1.17 bits per heavy atom. The van der Waals surface area contributed by atoms with Gasteiger partial charge in [0.05, 0.1) is 28.0 Å². The third-order valence-corrected chi connectivity index (χ3v) is 14.7. The average molecular weight is 926 g/mol. The predicted octanol–water partition coefficient (Wildman–Crippen LogP) is 17.5. The molecule has 10 aromatic rings. The summed E-state index contributed by atoms with van der Waals surface area (Å²) in [4.78, 5) is 10.6. The number of phenolic OH excluding ortho intramolecular Hbond substituents is 1. The Balaban J connectivity index is 1.12. The second-order valence-electron chi connectivity index (χ2n) is 20.8. The first-order valence-electron chi connectivity index (χ1n) is 26.1. The van der Waals surface area contributed by atoms with Crippen LogP contribution < -0.4 is 0 Å². The van der Waals surface area contributed by atoms with Crippen molar-refractivity contribution in [3.8, 4) is 78.6 Å². The minimum Gasteiger partial charge on any atom is -0.507 e. The van der Waals surface area contributed by atoms with Crippen LogP contribution in [-0.2, 0) is 17.2 Å². The number of nitrogens with zero attached hydrogens (tertiary/aromatic N) is 3. The van der Waals surface area contributed by atoms with Gasteiger partial charge in [-0.1, -0.05) is 200 Å². The monoisotopic (exact) mass is 925 g/mol. The zero-order valence-corrected chi connectivity index (χ0v) is 41.3. The highest BCUT2D eigenvalue weighted by Gasteiger charge is 2.26. The van der Waals surface area contributed by atoms with Crippen molar-refractivity contribution in [1.82, 2.24) is 14.5 Å². The fourth-order valence-electron chi connectivity index (χ4n) is 10.5. The van der Waals surface area contributed by atoms with Gasteiger partial charge in [0, 0.05) is 31.0 Å². The van der Waals surface area contributed by atoms with Crippen LogP contribution in [0.3, 0.4) is 0 Å². The smallest absolute Gasteiger partial charge is 0.149 e. The summed E-state index contributed by atoms with van der Waals surface area (Å²) in [6.07, 6.45) is 4.29. The molecule has 1 aliphatic rings. The van der Waals surface area contributed by atoms with Crippen molar-refractivity contribution in [3.63, 3.8) is 0 Å². The summed E-state index contributed by atoms with van der Waals surface area (Å²) >= 11 is 0. The Hall–Kier alpha value is -7.82. The maximum absolute atomic E-state index is 11.9. The van der Waals surface area contributed by atoms with Crippen LogP contribution in [0, 0.1) is 5.92 Å². The van der Waals surface area contributed by atoms with E-state index >= 15 is 0 Å². The molecule has 0 bridgehead atoms. The number of para-hydroxylation sites is 1. The number of pyridine rings is 1. The molecular formula is C67H61N3O. The summed E-state index contributed by atoms with van der Waals surface area (Å²) in [5.74, 6) is 0.695. The van der Waals surface area contributed by atoms with Gasteiger partial charge in [-0.05, 0) is 134 Å². The molecule has 71 heavy (non-hydrogen) atoms. The molecule has 0 saturated heterocycles. The lowest BCUT2D eigenvalue weighted by Gasteiger charge is -2.26. The molecule has 1 N–H and O–H groups in total. The normalized spacial score (nSPS) is 13.9. The third-order valence-electron chi connectivity index (χ3n) is 14.7. The molecule has 0 spiro atoms. The lowest BCUT2D eigenvalue weighted by Crippen LogP contribution is -2.18. The van der Waals surface area contributed by atoms with Crippen LogP contribution in [0.15, 0.2) is 206 Å². The van der Waals surface area contributed by atoms with Crippen molar-refractivity contribution in [2.45, 2.75) is 77.5 Å². The van der Waals surface area contributed by atoms with Gasteiger partial charge in [-0.15, -0.1) is 0 Å². The van der Waals surface area contributed by atoms with Crippen LogP contribution in [-0.4, -0.2) is 19.6 Å². The molecule has 1 aliphatic carbocycles. The van der Waals surface area contributed by atoms with Gasteiger partial charge in [-0.3, -0.25) is 9.55 Å². The maximum atomic E-state index is 11.9. The highest BCUT2D eigenvalue weighted by atomic mass is 16.3. The Kier molecular flexibility index (Phi) is 11.5. The molecule has 0 atom stereocenters. The zero-order chi connectivity index (χ0) is 50.5. The number of hydrogen-bond acceptors (Lipinski definition) is 3. The van der Waals surface area contributed by atoms with Crippen molar-refractivity contribution in [2.75, 3.05) is 0 Å². The highest BCUT2D eigenvalue weighted by Crippen LogP contribution is 2.44. The van der Waals surface area contributed by atoms with Crippen molar-refractivity contribution >= 4 is 11.0 Å². The van der Waals surface area contributed by atoms with Crippen LogP contribution in [0.4, 0.5) is 0 Å². The lowest BCUT2D eigenvalue weighted by molar-refractivity contribution is 0.475. The average Bonchev–Trinajstić information content (AvgIpc) is 4.12. The third kappa shape index (κ3) is 9.12. The molecule has 0 unspecified atom stereocenters. The van der Waals surface area contributed by atoms with Gasteiger partial charge in [0.25, 0.3) is 0 Å². The first kappa shape index (κ1) is 43.2. The summed E-state index contributed by atoms with van der Waals surface area (Å²) in [5.41, 5.74) is 17.0. The molecule has 0 radical (unpaired) electrons. The number of phenols is 1. The van der Waals surface area contributed by atoms with Crippen LogP contribution in [0.2, 0.25) is 0 Å². The molecule has 8 aromatic carbocycles. The fraction of sp³-hybridized carbons (Fsp3) is 0.194. The quantitative estimate of drug-likeness (QED) is 0.141. The topological polar surface area (TPSA) is 50.9 Å². The summed E-state index contributed by atoms with van der Waals surface area (Å²) in [6, 6.07) is 69.6. The number of rotatable bonds is 11. The van der Waals surface area contributed by atoms with Gasteiger partial charge in [0.1, 0.15) is 11.6 Å². The Morgan fingerprint density at radius 3 is 1.92 bits per heavy atom. The van der Waals surface area contributed by atoms with Gasteiger partial charge in [0.2, 0.25) is 0 Å². The number of aromatic nitrogens is 3. The van der Waals surface area contributed by atoms with Gasteiger partial charge in [-0.2, -0.15) is 0 Å². The van der Waals surface area contributed by atoms with E-state index in [0.29, 0.717) is 17.0 Å². The summed E-state index contributed by atoms with van der Waals surface area (Å²) in [5, 5.41) is 11.9. The van der Waals surface area contributed by atoms with Crippen molar-refractivity contribution in [2.24, 2.45) is 5.92 Å². The van der Waals surface area contributed by atoms with Crippen LogP contribution >= 0.6 is 0 Å². The van der Waals surface area contributed by atoms with E-state index in [1.165, 1.54) is 11.1 Å². The molecule has 0 aliphatic heterocycles. The van der Waals surface area contributed by atoms with Crippen LogP contribution in [0.1, 0.15) is 85.3 Å². The molecule has 0 amide bonds. The lowest BCUT2D eigenvalue weighted by atomic mass is 9.77. The van der Waals surface area contributed by atoms with Gasteiger partial charge < -0.3 is 5.11 Å². The number of hydrogen-bond donors (Lipinski definition) is 1. The molecule has 4 heteroatoms. The summed E-state index contributed by atoms with van der Waals surface area (Å²) < 4.78 is 21.2. The maximum Gasteiger partial charge on any atom is 0.149 e. The van der Waals surface area contributed by atoms with E-state index in [4.69, 9.17) is 9.97 Å². The summed E-state index contributed by atoms with van der Waals surface area (Å²) in [6.45, 7) is 11.1.